The maximum atomic E-state index is 12.3. The number of carbonyl (C=O) groups is 1. The van der Waals surface area contributed by atoms with E-state index in [0.29, 0.717) is 6.04 Å². The number of nitrogens with one attached hydrogen (secondary N) is 1. The molecule has 0 atom stereocenters. The molecule has 134 valence electrons. The lowest BCUT2D eigenvalue weighted by Crippen LogP contribution is -2.53. The normalized spacial score (nSPS) is 19.6. The van der Waals surface area contributed by atoms with Crippen molar-refractivity contribution in [3.05, 3.63) is 24.7 Å². The SMILES string of the molecule is O=C(NC1CCCC1)N1CCN(CCn2cnc3cccnc32)CC1. The maximum absolute atomic E-state index is 12.3. The number of fused-ring (bicyclic) bond motifs is 1. The third-order valence-electron chi connectivity index (χ3n) is 5.37. The van der Waals surface area contributed by atoms with Gasteiger partial charge in [-0.1, -0.05) is 12.8 Å². The minimum atomic E-state index is 0.122. The molecule has 0 aromatic carbocycles. The van der Waals surface area contributed by atoms with Crippen molar-refractivity contribution in [3.63, 3.8) is 0 Å². The molecule has 7 heteroatoms. The first-order valence-electron chi connectivity index (χ1n) is 9.33. The van der Waals surface area contributed by atoms with Crippen LogP contribution in [0.4, 0.5) is 4.79 Å². The molecule has 7 nitrogen and oxygen atoms in total. The van der Waals surface area contributed by atoms with Crippen molar-refractivity contribution in [2.45, 2.75) is 38.3 Å². The van der Waals surface area contributed by atoms with Crippen LogP contribution < -0.4 is 5.32 Å². The van der Waals surface area contributed by atoms with Gasteiger partial charge in [0.1, 0.15) is 5.52 Å². The zero-order valence-corrected chi connectivity index (χ0v) is 14.6. The lowest BCUT2D eigenvalue weighted by atomic mass is 10.2. The number of hydrogen-bond donors (Lipinski definition) is 1. The van der Waals surface area contributed by atoms with E-state index in [1.165, 1.54) is 12.8 Å². The maximum Gasteiger partial charge on any atom is 0.317 e. The number of carbonyl (C=O) groups excluding carboxylic acids is 1. The first kappa shape index (κ1) is 16.3. The summed E-state index contributed by atoms with van der Waals surface area (Å²) in [5, 5.41) is 3.19. The Labute approximate surface area is 148 Å². The standard InChI is InChI=1S/C18H26N6O/c25-18(21-15-4-1-2-5-15)23-11-8-22(9-12-23)10-13-24-14-20-16-6-3-7-19-17(16)24/h3,6-7,14-15H,1-2,4-5,8-13H2,(H,21,25). The average Bonchev–Trinajstić information content (AvgIpc) is 3.30. The third-order valence-corrected chi connectivity index (χ3v) is 5.37. The Balaban J connectivity index is 1.24. The molecule has 0 spiro atoms. The molecule has 2 aromatic heterocycles. The molecule has 2 amide bonds. The molecule has 2 fully saturated rings. The molecule has 1 saturated carbocycles. The predicted octanol–water partition coefficient (Wildman–Crippen LogP) is 1.70. The molecular formula is C18H26N6O. The van der Waals surface area contributed by atoms with Crippen molar-refractivity contribution >= 4 is 17.2 Å². The van der Waals surface area contributed by atoms with Crippen LogP contribution in [0.1, 0.15) is 25.7 Å². The molecule has 2 aromatic rings. The fourth-order valence-corrected chi connectivity index (χ4v) is 3.82. The van der Waals surface area contributed by atoms with Crippen LogP contribution in [0.2, 0.25) is 0 Å². The predicted molar refractivity (Wildman–Crippen MR) is 96.3 cm³/mol. The molecule has 4 rings (SSSR count). The van der Waals surface area contributed by atoms with Gasteiger partial charge >= 0.3 is 6.03 Å². The van der Waals surface area contributed by atoms with E-state index in [1.807, 2.05) is 29.6 Å². The van der Waals surface area contributed by atoms with E-state index in [4.69, 9.17) is 0 Å². The highest BCUT2D eigenvalue weighted by molar-refractivity contribution is 5.74. The summed E-state index contributed by atoms with van der Waals surface area (Å²) in [6, 6.07) is 4.42. The number of nitrogens with zero attached hydrogens (tertiary/aromatic N) is 5. The lowest BCUT2D eigenvalue weighted by Gasteiger charge is -2.35. The Morgan fingerprint density at radius 3 is 2.72 bits per heavy atom. The molecule has 1 saturated heterocycles. The molecule has 25 heavy (non-hydrogen) atoms. The van der Waals surface area contributed by atoms with E-state index >= 15 is 0 Å². The van der Waals surface area contributed by atoms with Crippen LogP contribution in [0.5, 0.6) is 0 Å². The summed E-state index contributed by atoms with van der Waals surface area (Å²) in [6.45, 7) is 5.31. The van der Waals surface area contributed by atoms with Gasteiger partial charge in [0.2, 0.25) is 0 Å². The highest BCUT2D eigenvalue weighted by atomic mass is 16.2. The quantitative estimate of drug-likeness (QED) is 0.918. The molecule has 2 aliphatic rings. The van der Waals surface area contributed by atoms with Crippen LogP contribution in [0, 0.1) is 0 Å². The van der Waals surface area contributed by atoms with E-state index in [2.05, 4.69) is 24.8 Å². The summed E-state index contributed by atoms with van der Waals surface area (Å²) in [7, 11) is 0. The summed E-state index contributed by atoms with van der Waals surface area (Å²) in [6.07, 6.45) is 8.44. The summed E-state index contributed by atoms with van der Waals surface area (Å²) < 4.78 is 2.11. The first-order valence-corrected chi connectivity index (χ1v) is 9.33. The van der Waals surface area contributed by atoms with Crippen molar-refractivity contribution in [2.75, 3.05) is 32.7 Å². The molecule has 1 N–H and O–H groups in total. The highest BCUT2D eigenvalue weighted by Gasteiger charge is 2.24. The number of imidazole rings is 1. The number of pyridine rings is 1. The number of piperazine rings is 1. The van der Waals surface area contributed by atoms with E-state index in [-0.39, 0.29) is 6.03 Å². The van der Waals surface area contributed by atoms with Crippen LogP contribution in [0.3, 0.4) is 0 Å². The van der Waals surface area contributed by atoms with E-state index in [9.17, 15) is 4.79 Å². The van der Waals surface area contributed by atoms with Crippen molar-refractivity contribution in [1.29, 1.82) is 0 Å². The summed E-state index contributed by atoms with van der Waals surface area (Å²) in [5.74, 6) is 0. The lowest BCUT2D eigenvalue weighted by molar-refractivity contribution is 0.135. The van der Waals surface area contributed by atoms with Gasteiger partial charge in [0.25, 0.3) is 0 Å². The average molecular weight is 342 g/mol. The van der Waals surface area contributed by atoms with E-state index in [0.717, 1.165) is 63.3 Å². The van der Waals surface area contributed by atoms with Gasteiger partial charge in [-0.25, -0.2) is 14.8 Å². The zero-order valence-electron chi connectivity index (χ0n) is 14.6. The number of rotatable bonds is 4. The Hall–Kier alpha value is -2.15. The smallest absolute Gasteiger partial charge is 0.317 e. The zero-order chi connectivity index (χ0) is 17.1. The first-order chi connectivity index (χ1) is 12.3. The molecular weight excluding hydrogens is 316 g/mol. The Bertz CT molecular complexity index is 715. The molecule has 0 radical (unpaired) electrons. The van der Waals surface area contributed by atoms with Crippen molar-refractivity contribution < 1.29 is 4.79 Å². The van der Waals surface area contributed by atoms with Gasteiger partial charge in [-0.15, -0.1) is 0 Å². The highest BCUT2D eigenvalue weighted by Crippen LogP contribution is 2.18. The third kappa shape index (κ3) is 3.76. The Morgan fingerprint density at radius 2 is 1.92 bits per heavy atom. The number of amides is 2. The fourth-order valence-electron chi connectivity index (χ4n) is 3.82. The largest absolute Gasteiger partial charge is 0.335 e. The van der Waals surface area contributed by atoms with Crippen molar-refractivity contribution in [1.82, 2.24) is 29.7 Å². The molecule has 3 heterocycles. The summed E-state index contributed by atoms with van der Waals surface area (Å²) in [4.78, 5) is 25.5. The Kier molecular flexibility index (Phi) is 4.83. The van der Waals surface area contributed by atoms with Gasteiger partial charge < -0.3 is 14.8 Å². The minimum Gasteiger partial charge on any atom is -0.335 e. The second-order valence-electron chi connectivity index (χ2n) is 7.04. The van der Waals surface area contributed by atoms with Crippen LogP contribution >= 0.6 is 0 Å². The molecule has 1 aliphatic heterocycles. The Morgan fingerprint density at radius 1 is 1.12 bits per heavy atom. The van der Waals surface area contributed by atoms with Crippen LogP contribution in [-0.4, -0.2) is 69.1 Å². The summed E-state index contributed by atoms with van der Waals surface area (Å²) in [5.41, 5.74) is 1.88. The second-order valence-corrected chi connectivity index (χ2v) is 7.04. The summed E-state index contributed by atoms with van der Waals surface area (Å²) >= 11 is 0. The van der Waals surface area contributed by atoms with Gasteiger partial charge in [0.15, 0.2) is 5.65 Å². The van der Waals surface area contributed by atoms with Gasteiger partial charge in [-0.3, -0.25) is 4.90 Å². The van der Waals surface area contributed by atoms with Crippen LogP contribution in [0.25, 0.3) is 11.2 Å². The topological polar surface area (TPSA) is 66.3 Å². The van der Waals surface area contributed by atoms with Crippen LogP contribution in [-0.2, 0) is 6.54 Å². The second kappa shape index (κ2) is 7.39. The number of aromatic nitrogens is 3. The van der Waals surface area contributed by atoms with Gasteiger partial charge in [0.05, 0.1) is 6.33 Å². The molecule has 0 bridgehead atoms. The van der Waals surface area contributed by atoms with Crippen molar-refractivity contribution in [3.8, 4) is 0 Å². The van der Waals surface area contributed by atoms with Gasteiger partial charge in [0, 0.05) is 51.5 Å². The van der Waals surface area contributed by atoms with E-state index in [1.54, 1.807) is 0 Å². The van der Waals surface area contributed by atoms with Crippen LogP contribution in [0.15, 0.2) is 24.7 Å². The molecule has 1 aliphatic carbocycles. The van der Waals surface area contributed by atoms with Gasteiger partial charge in [-0.05, 0) is 25.0 Å². The number of urea groups is 1. The molecule has 0 unspecified atom stereocenters. The fraction of sp³-hybridized carbons (Fsp3) is 0.611. The van der Waals surface area contributed by atoms with Crippen molar-refractivity contribution in [2.24, 2.45) is 0 Å². The monoisotopic (exact) mass is 342 g/mol. The number of hydrogen-bond acceptors (Lipinski definition) is 4. The minimum absolute atomic E-state index is 0.122. The van der Waals surface area contributed by atoms with E-state index < -0.39 is 0 Å². The van der Waals surface area contributed by atoms with Gasteiger partial charge in [-0.2, -0.15) is 0 Å².